The Balaban J connectivity index is 2.26. The van der Waals surface area contributed by atoms with Crippen molar-refractivity contribution >= 4 is 34.7 Å². The molecule has 2 rings (SSSR count). The zero-order valence-electron chi connectivity index (χ0n) is 7.92. The molecule has 2 aromatic rings. The lowest BCUT2D eigenvalue weighted by Crippen LogP contribution is -1.96. The van der Waals surface area contributed by atoms with Gasteiger partial charge in [-0.15, -0.1) is 0 Å². The van der Waals surface area contributed by atoms with Crippen LogP contribution in [0.15, 0.2) is 30.5 Å². The van der Waals surface area contributed by atoms with E-state index in [0.717, 1.165) is 0 Å². The molecule has 0 unspecified atom stereocenters. The fraction of sp³-hybridized carbons (Fsp3) is 0. The van der Waals surface area contributed by atoms with E-state index in [1.54, 1.807) is 12.1 Å². The number of rotatable bonds is 2. The van der Waals surface area contributed by atoms with Crippen LogP contribution in [0.25, 0.3) is 0 Å². The summed E-state index contributed by atoms with van der Waals surface area (Å²) in [5, 5.41) is 3.34. The molecule has 0 saturated heterocycles. The molecule has 0 aliphatic heterocycles. The lowest BCUT2D eigenvalue weighted by molar-refractivity contribution is 0.628. The number of anilines is 2. The molecule has 1 aromatic heterocycles. The lowest BCUT2D eigenvalue weighted by atomic mass is 10.3. The van der Waals surface area contributed by atoms with Gasteiger partial charge in [0.2, 0.25) is 5.28 Å². The van der Waals surface area contributed by atoms with Gasteiger partial charge in [-0.3, -0.25) is 0 Å². The van der Waals surface area contributed by atoms with Gasteiger partial charge >= 0.3 is 0 Å². The van der Waals surface area contributed by atoms with Gasteiger partial charge in [-0.1, -0.05) is 11.6 Å². The van der Waals surface area contributed by atoms with Crippen LogP contribution in [0.2, 0.25) is 10.3 Å². The maximum absolute atomic E-state index is 12.7. The summed E-state index contributed by atoms with van der Waals surface area (Å²) in [4.78, 5) is 7.63. The molecule has 0 bridgehead atoms. The van der Waals surface area contributed by atoms with Gasteiger partial charge in [0, 0.05) is 5.69 Å². The number of benzene rings is 1. The van der Waals surface area contributed by atoms with Crippen molar-refractivity contribution in [2.45, 2.75) is 0 Å². The molecule has 0 atom stereocenters. The van der Waals surface area contributed by atoms with Gasteiger partial charge in [0.25, 0.3) is 0 Å². The standard InChI is InChI=1S/C10H6Cl2FN3/c11-8-5-14-10(12)16-9(8)15-7-3-1-6(13)2-4-7/h1-5H,(H,14,15,16). The second kappa shape index (κ2) is 4.63. The summed E-state index contributed by atoms with van der Waals surface area (Å²) in [5.74, 6) is 0.0747. The van der Waals surface area contributed by atoms with Gasteiger partial charge in [-0.2, -0.15) is 4.98 Å². The molecule has 0 saturated carbocycles. The molecule has 1 N–H and O–H groups in total. The molecule has 0 amide bonds. The van der Waals surface area contributed by atoms with Crippen molar-refractivity contribution < 1.29 is 4.39 Å². The molecule has 1 heterocycles. The number of halogens is 3. The molecular formula is C10H6Cl2FN3. The fourth-order valence-corrected chi connectivity index (χ4v) is 1.37. The van der Waals surface area contributed by atoms with E-state index in [9.17, 15) is 4.39 Å². The highest BCUT2D eigenvalue weighted by Gasteiger charge is 2.04. The van der Waals surface area contributed by atoms with Crippen LogP contribution in [0.5, 0.6) is 0 Å². The van der Waals surface area contributed by atoms with E-state index in [1.807, 2.05) is 0 Å². The van der Waals surface area contributed by atoms with Gasteiger partial charge in [-0.25, -0.2) is 9.37 Å². The Kier molecular flexibility index (Phi) is 3.22. The monoisotopic (exact) mass is 257 g/mol. The van der Waals surface area contributed by atoms with Crippen LogP contribution < -0.4 is 5.32 Å². The Morgan fingerprint density at radius 3 is 2.50 bits per heavy atom. The number of nitrogens with one attached hydrogen (secondary N) is 1. The average Bonchev–Trinajstić information content (AvgIpc) is 2.27. The van der Waals surface area contributed by atoms with E-state index < -0.39 is 0 Å². The van der Waals surface area contributed by atoms with Crippen molar-refractivity contribution in [3.05, 3.63) is 46.6 Å². The van der Waals surface area contributed by atoms with Crippen LogP contribution in [0.3, 0.4) is 0 Å². The predicted molar refractivity (Wildman–Crippen MR) is 61.7 cm³/mol. The average molecular weight is 258 g/mol. The van der Waals surface area contributed by atoms with Crippen LogP contribution in [0.4, 0.5) is 15.9 Å². The molecule has 16 heavy (non-hydrogen) atoms. The van der Waals surface area contributed by atoms with Crippen LogP contribution in [0.1, 0.15) is 0 Å². The molecule has 0 aliphatic carbocycles. The fourth-order valence-electron chi connectivity index (χ4n) is 1.10. The maximum Gasteiger partial charge on any atom is 0.224 e. The third-order valence-corrected chi connectivity index (χ3v) is 2.28. The van der Waals surface area contributed by atoms with E-state index >= 15 is 0 Å². The highest BCUT2D eigenvalue weighted by molar-refractivity contribution is 6.33. The Bertz CT molecular complexity index is 502. The summed E-state index contributed by atoms with van der Waals surface area (Å²) in [7, 11) is 0. The van der Waals surface area contributed by atoms with Crippen molar-refractivity contribution in [2.24, 2.45) is 0 Å². The van der Waals surface area contributed by atoms with Crippen molar-refractivity contribution in [2.75, 3.05) is 5.32 Å². The summed E-state index contributed by atoms with van der Waals surface area (Å²) < 4.78 is 12.7. The van der Waals surface area contributed by atoms with E-state index in [4.69, 9.17) is 23.2 Å². The Hall–Kier alpha value is -1.39. The Morgan fingerprint density at radius 1 is 1.12 bits per heavy atom. The molecule has 6 heteroatoms. The number of aromatic nitrogens is 2. The van der Waals surface area contributed by atoms with Crippen LogP contribution >= 0.6 is 23.2 Å². The van der Waals surface area contributed by atoms with Crippen LogP contribution in [0, 0.1) is 5.82 Å². The van der Waals surface area contributed by atoms with Crippen molar-refractivity contribution in [3.8, 4) is 0 Å². The largest absolute Gasteiger partial charge is 0.339 e. The summed E-state index contributed by atoms with van der Waals surface area (Å²) in [6.07, 6.45) is 1.39. The second-order valence-electron chi connectivity index (χ2n) is 2.97. The third kappa shape index (κ3) is 2.59. The first-order valence-corrected chi connectivity index (χ1v) is 5.11. The zero-order chi connectivity index (χ0) is 11.5. The van der Waals surface area contributed by atoms with Gasteiger partial charge in [-0.05, 0) is 35.9 Å². The SMILES string of the molecule is Fc1ccc(Nc2nc(Cl)ncc2Cl)cc1. The van der Waals surface area contributed by atoms with Crippen molar-refractivity contribution in [3.63, 3.8) is 0 Å². The topological polar surface area (TPSA) is 37.8 Å². The first kappa shape index (κ1) is 11.1. The molecule has 82 valence electrons. The van der Waals surface area contributed by atoms with Gasteiger partial charge < -0.3 is 5.32 Å². The zero-order valence-corrected chi connectivity index (χ0v) is 9.43. The second-order valence-corrected chi connectivity index (χ2v) is 3.71. The summed E-state index contributed by atoms with van der Waals surface area (Å²) in [6, 6.07) is 5.81. The smallest absolute Gasteiger partial charge is 0.224 e. The minimum Gasteiger partial charge on any atom is -0.339 e. The quantitative estimate of drug-likeness (QED) is 0.835. The molecule has 0 radical (unpaired) electrons. The first-order chi connectivity index (χ1) is 7.65. The summed E-state index contributed by atoms with van der Waals surface area (Å²) in [5.41, 5.74) is 0.665. The minimum atomic E-state index is -0.308. The number of hydrogen-bond acceptors (Lipinski definition) is 3. The molecule has 0 spiro atoms. The highest BCUT2D eigenvalue weighted by atomic mass is 35.5. The summed E-state index contributed by atoms with van der Waals surface area (Å²) >= 11 is 11.5. The molecule has 3 nitrogen and oxygen atoms in total. The summed E-state index contributed by atoms with van der Waals surface area (Å²) in [6.45, 7) is 0. The molecular weight excluding hydrogens is 252 g/mol. The van der Waals surface area contributed by atoms with E-state index in [2.05, 4.69) is 15.3 Å². The van der Waals surface area contributed by atoms with Crippen LogP contribution in [-0.2, 0) is 0 Å². The van der Waals surface area contributed by atoms with Gasteiger partial charge in [0.15, 0.2) is 5.82 Å². The molecule has 1 aromatic carbocycles. The lowest BCUT2D eigenvalue weighted by Gasteiger charge is -2.06. The number of hydrogen-bond donors (Lipinski definition) is 1. The Morgan fingerprint density at radius 2 is 1.81 bits per heavy atom. The van der Waals surface area contributed by atoms with Crippen LogP contribution in [-0.4, -0.2) is 9.97 Å². The third-order valence-electron chi connectivity index (χ3n) is 1.82. The van der Waals surface area contributed by atoms with E-state index in [-0.39, 0.29) is 11.1 Å². The Labute approximate surface area is 101 Å². The van der Waals surface area contributed by atoms with E-state index in [0.29, 0.717) is 16.5 Å². The van der Waals surface area contributed by atoms with E-state index in [1.165, 1.54) is 18.3 Å². The normalized spacial score (nSPS) is 10.2. The predicted octanol–water partition coefficient (Wildman–Crippen LogP) is 3.67. The minimum absolute atomic E-state index is 0.0917. The van der Waals surface area contributed by atoms with Gasteiger partial charge in [0.1, 0.15) is 10.8 Å². The highest BCUT2D eigenvalue weighted by Crippen LogP contribution is 2.23. The molecule has 0 aliphatic rings. The first-order valence-electron chi connectivity index (χ1n) is 4.36. The van der Waals surface area contributed by atoms with Crippen molar-refractivity contribution in [1.82, 2.24) is 9.97 Å². The van der Waals surface area contributed by atoms with Crippen molar-refractivity contribution in [1.29, 1.82) is 0 Å². The molecule has 0 fully saturated rings. The number of nitrogens with zero attached hydrogens (tertiary/aromatic N) is 2. The van der Waals surface area contributed by atoms with Gasteiger partial charge in [0.05, 0.1) is 6.20 Å². The maximum atomic E-state index is 12.7.